The van der Waals surface area contributed by atoms with Crippen molar-refractivity contribution >= 4 is 17.9 Å². The first-order valence-electron chi connectivity index (χ1n) is 24.3. The van der Waals surface area contributed by atoms with Crippen LogP contribution in [0, 0.1) is 0 Å². The molecule has 334 valence electrons. The average molecular weight is 811 g/mol. The summed E-state index contributed by atoms with van der Waals surface area (Å²) < 4.78 is 16.7. The van der Waals surface area contributed by atoms with Gasteiger partial charge in [-0.1, -0.05) is 197 Å². The predicted molar refractivity (Wildman–Crippen MR) is 247 cm³/mol. The Morgan fingerprint density at radius 3 is 1.05 bits per heavy atom. The van der Waals surface area contributed by atoms with Crippen LogP contribution in [0.1, 0.15) is 233 Å². The van der Waals surface area contributed by atoms with Gasteiger partial charge in [-0.05, 0) is 77.0 Å². The summed E-state index contributed by atoms with van der Waals surface area (Å²) in [4.78, 5) is 37.8. The van der Waals surface area contributed by atoms with Crippen LogP contribution in [0.5, 0.6) is 0 Å². The minimum atomic E-state index is -0.779. The number of hydrogen-bond acceptors (Lipinski definition) is 6. The first-order valence-corrected chi connectivity index (χ1v) is 24.3. The molecule has 0 saturated heterocycles. The lowest BCUT2D eigenvalue weighted by Crippen LogP contribution is -2.30. The molecule has 0 radical (unpaired) electrons. The maximum Gasteiger partial charge on any atom is 0.306 e. The smallest absolute Gasteiger partial charge is 0.306 e. The molecule has 1 unspecified atom stereocenters. The van der Waals surface area contributed by atoms with Gasteiger partial charge >= 0.3 is 17.9 Å². The lowest BCUT2D eigenvalue weighted by Gasteiger charge is -2.18. The van der Waals surface area contributed by atoms with Gasteiger partial charge < -0.3 is 14.2 Å². The molecule has 0 saturated carbocycles. The third kappa shape index (κ3) is 44.2. The number of carbonyl (C=O) groups excluding carboxylic acids is 3. The molecule has 1 atom stereocenters. The zero-order valence-electron chi connectivity index (χ0n) is 38.0. The summed E-state index contributed by atoms with van der Waals surface area (Å²) in [5.74, 6) is -0.904. The minimum Gasteiger partial charge on any atom is -0.462 e. The van der Waals surface area contributed by atoms with E-state index < -0.39 is 6.10 Å². The molecule has 6 heteroatoms. The van der Waals surface area contributed by atoms with Crippen molar-refractivity contribution in [1.29, 1.82) is 0 Å². The van der Waals surface area contributed by atoms with Crippen LogP contribution in [0.4, 0.5) is 0 Å². The van der Waals surface area contributed by atoms with Gasteiger partial charge in [0.2, 0.25) is 0 Å². The van der Waals surface area contributed by atoms with Crippen LogP contribution in [0.25, 0.3) is 0 Å². The molecular weight excluding hydrogens is 721 g/mol. The fraction of sp³-hybridized carbons (Fsp3) is 0.750. The van der Waals surface area contributed by atoms with E-state index in [9.17, 15) is 14.4 Å². The normalized spacial score (nSPS) is 12.5. The summed E-state index contributed by atoms with van der Waals surface area (Å²) in [6, 6.07) is 0. The van der Waals surface area contributed by atoms with Crippen molar-refractivity contribution in [2.45, 2.75) is 239 Å². The number of esters is 3. The van der Waals surface area contributed by atoms with E-state index >= 15 is 0 Å². The molecule has 0 aliphatic rings. The lowest BCUT2D eigenvalue weighted by molar-refractivity contribution is -0.167. The highest BCUT2D eigenvalue weighted by Gasteiger charge is 2.19. The van der Waals surface area contributed by atoms with Gasteiger partial charge in [-0.25, -0.2) is 0 Å². The van der Waals surface area contributed by atoms with Crippen LogP contribution in [0.2, 0.25) is 0 Å². The van der Waals surface area contributed by atoms with Crippen molar-refractivity contribution in [3.05, 3.63) is 60.8 Å². The van der Waals surface area contributed by atoms with Crippen LogP contribution in [-0.4, -0.2) is 37.2 Å². The van der Waals surface area contributed by atoms with E-state index in [4.69, 9.17) is 14.2 Å². The summed E-state index contributed by atoms with van der Waals surface area (Å²) in [6.07, 6.45) is 56.4. The van der Waals surface area contributed by atoms with E-state index in [1.54, 1.807) is 0 Å². The Hall–Kier alpha value is -2.89. The van der Waals surface area contributed by atoms with Gasteiger partial charge in [0.25, 0.3) is 0 Å². The second-order valence-corrected chi connectivity index (χ2v) is 16.0. The average Bonchev–Trinajstić information content (AvgIpc) is 3.22. The van der Waals surface area contributed by atoms with Crippen LogP contribution in [0.3, 0.4) is 0 Å². The lowest BCUT2D eigenvalue weighted by atomic mass is 10.1. The number of ether oxygens (including phenoxy) is 3. The number of unbranched alkanes of at least 4 members (excludes halogenated alkanes) is 22. The first kappa shape index (κ1) is 55.1. The van der Waals surface area contributed by atoms with Crippen molar-refractivity contribution in [1.82, 2.24) is 0 Å². The minimum absolute atomic E-state index is 0.0806. The molecule has 0 spiro atoms. The second kappa shape index (κ2) is 46.8. The standard InChI is InChI=1S/C52H90O6/c1-4-7-10-13-16-19-21-23-24-25-26-27-28-29-31-33-36-39-42-45-51(54)57-48-49(47-56-50(53)44-41-38-35-32-18-15-12-9-6-3)58-52(55)46-43-40-37-34-30-22-20-17-14-11-8-5-2/h7-8,10-11,16-17,19-20,23-24,49H,4-6,9,12-15,18,21-22,25-48H2,1-3H3/b10-7-,11-8-,19-16-,20-17-,24-23-. The maximum atomic E-state index is 12.7. The van der Waals surface area contributed by atoms with E-state index in [0.717, 1.165) is 109 Å². The Morgan fingerprint density at radius 1 is 0.362 bits per heavy atom. The number of carbonyl (C=O) groups is 3. The molecule has 0 aliphatic carbocycles. The quantitative estimate of drug-likeness (QED) is 0.0264. The van der Waals surface area contributed by atoms with Crippen LogP contribution in [0.15, 0.2) is 60.8 Å². The number of rotatable bonds is 43. The highest BCUT2D eigenvalue weighted by molar-refractivity contribution is 5.71. The second-order valence-electron chi connectivity index (χ2n) is 16.0. The third-order valence-electron chi connectivity index (χ3n) is 10.3. The number of hydrogen-bond donors (Lipinski definition) is 0. The largest absolute Gasteiger partial charge is 0.462 e. The van der Waals surface area contributed by atoms with Gasteiger partial charge in [0, 0.05) is 19.3 Å². The molecule has 0 heterocycles. The zero-order chi connectivity index (χ0) is 42.3. The Balaban J connectivity index is 4.30. The maximum absolute atomic E-state index is 12.7. The summed E-state index contributed by atoms with van der Waals surface area (Å²) >= 11 is 0. The van der Waals surface area contributed by atoms with E-state index in [0.29, 0.717) is 19.3 Å². The van der Waals surface area contributed by atoms with Crippen molar-refractivity contribution in [2.75, 3.05) is 13.2 Å². The molecule has 58 heavy (non-hydrogen) atoms. The first-order chi connectivity index (χ1) is 28.5. The Labute approximate surface area is 358 Å². The molecule has 0 bridgehead atoms. The van der Waals surface area contributed by atoms with E-state index in [1.165, 1.54) is 83.5 Å². The van der Waals surface area contributed by atoms with Gasteiger partial charge in [-0.15, -0.1) is 0 Å². The van der Waals surface area contributed by atoms with Crippen molar-refractivity contribution in [3.8, 4) is 0 Å². The molecule has 0 aromatic rings. The molecule has 0 fully saturated rings. The fourth-order valence-electron chi connectivity index (χ4n) is 6.67. The molecule has 6 nitrogen and oxygen atoms in total. The topological polar surface area (TPSA) is 78.9 Å². The molecule has 0 aliphatic heterocycles. The Morgan fingerprint density at radius 2 is 0.672 bits per heavy atom. The van der Waals surface area contributed by atoms with Crippen molar-refractivity contribution in [3.63, 3.8) is 0 Å². The summed E-state index contributed by atoms with van der Waals surface area (Å²) in [5.41, 5.74) is 0. The van der Waals surface area contributed by atoms with Gasteiger partial charge in [0.15, 0.2) is 6.10 Å². The molecule has 0 aromatic heterocycles. The molecule has 0 rings (SSSR count). The highest BCUT2D eigenvalue weighted by Crippen LogP contribution is 2.14. The molecule has 0 aromatic carbocycles. The zero-order valence-corrected chi connectivity index (χ0v) is 38.0. The van der Waals surface area contributed by atoms with Crippen LogP contribution in [-0.2, 0) is 28.6 Å². The van der Waals surface area contributed by atoms with Crippen molar-refractivity contribution in [2.24, 2.45) is 0 Å². The van der Waals surface area contributed by atoms with Crippen LogP contribution >= 0.6 is 0 Å². The number of allylic oxidation sites excluding steroid dienone is 10. The van der Waals surface area contributed by atoms with E-state index in [1.807, 2.05) is 0 Å². The summed E-state index contributed by atoms with van der Waals surface area (Å²) in [7, 11) is 0. The van der Waals surface area contributed by atoms with Crippen molar-refractivity contribution < 1.29 is 28.6 Å². The highest BCUT2D eigenvalue weighted by atomic mass is 16.6. The van der Waals surface area contributed by atoms with Gasteiger partial charge in [0.1, 0.15) is 13.2 Å². The van der Waals surface area contributed by atoms with Crippen LogP contribution < -0.4 is 0 Å². The van der Waals surface area contributed by atoms with E-state index in [2.05, 4.69) is 81.5 Å². The molecule has 0 amide bonds. The van der Waals surface area contributed by atoms with Gasteiger partial charge in [-0.3, -0.25) is 14.4 Å². The molecular formula is C52H90O6. The fourth-order valence-corrected chi connectivity index (χ4v) is 6.67. The Kier molecular flexibility index (Phi) is 44.5. The SMILES string of the molecule is CC/C=C\C/C=C\C/C=C\CCCCCCCCCCCC(=O)OCC(COC(=O)CCCCCCCCCCC)OC(=O)CCCCCCC/C=C\C/C=C\CC. The summed E-state index contributed by atoms with van der Waals surface area (Å²) in [5, 5.41) is 0. The Bertz CT molecular complexity index is 1070. The monoisotopic (exact) mass is 811 g/mol. The predicted octanol–water partition coefficient (Wildman–Crippen LogP) is 15.7. The van der Waals surface area contributed by atoms with Gasteiger partial charge in [0.05, 0.1) is 0 Å². The molecule has 0 N–H and O–H groups in total. The van der Waals surface area contributed by atoms with Gasteiger partial charge in [-0.2, -0.15) is 0 Å². The third-order valence-corrected chi connectivity index (χ3v) is 10.3. The van der Waals surface area contributed by atoms with E-state index in [-0.39, 0.29) is 31.1 Å². The summed E-state index contributed by atoms with van der Waals surface area (Å²) in [6.45, 7) is 6.38.